The van der Waals surface area contributed by atoms with Crippen molar-refractivity contribution in [2.75, 3.05) is 0 Å². The highest BCUT2D eigenvalue weighted by Crippen LogP contribution is 2.36. The summed E-state index contributed by atoms with van der Waals surface area (Å²) in [5.74, 6) is 0. The Balaban J connectivity index is 0.903. The number of hydrogen-bond donors (Lipinski definition) is 0. The minimum Gasteiger partial charge on any atom is -0.309 e. The molecule has 0 amide bonds. The van der Waals surface area contributed by atoms with E-state index in [4.69, 9.17) is 0 Å². The predicted octanol–water partition coefficient (Wildman–Crippen LogP) is 13.7. The standard InChI is InChI=1S/C51H36N2/c1-35-18-30-50-46(32-35)47-34-41(29-31-51(47)52(50)42-11-3-2-4-12-42)39-27-23-37(24-28-39)20-19-36-21-25-38(26-22-36)40-10-9-13-43(33-40)53-48-16-7-5-14-44(48)45-15-6-8-17-49(45)53/h2-34H,1H3/b20-19+. The highest BCUT2D eigenvalue weighted by Gasteiger charge is 2.14. The smallest absolute Gasteiger partial charge is 0.0541 e. The van der Waals surface area contributed by atoms with Crippen LogP contribution in [0.15, 0.2) is 188 Å². The summed E-state index contributed by atoms with van der Waals surface area (Å²) < 4.78 is 4.75. The Morgan fingerprint density at radius 2 is 0.792 bits per heavy atom. The van der Waals surface area contributed by atoms with Crippen molar-refractivity contribution in [1.29, 1.82) is 0 Å². The molecule has 250 valence electrons. The van der Waals surface area contributed by atoms with Gasteiger partial charge in [-0.25, -0.2) is 0 Å². The Morgan fingerprint density at radius 3 is 1.43 bits per heavy atom. The number of benzene rings is 8. The molecule has 53 heavy (non-hydrogen) atoms. The Hall–Kier alpha value is -6.90. The zero-order chi connectivity index (χ0) is 35.3. The fourth-order valence-corrected chi connectivity index (χ4v) is 7.96. The van der Waals surface area contributed by atoms with Gasteiger partial charge in [0.05, 0.1) is 22.1 Å². The molecule has 2 heteroatoms. The van der Waals surface area contributed by atoms with Crippen molar-refractivity contribution >= 4 is 55.8 Å². The summed E-state index contributed by atoms with van der Waals surface area (Å²) >= 11 is 0. The maximum Gasteiger partial charge on any atom is 0.0541 e. The average molecular weight is 677 g/mol. The van der Waals surface area contributed by atoms with Crippen LogP contribution in [0.4, 0.5) is 0 Å². The van der Waals surface area contributed by atoms with Gasteiger partial charge in [0, 0.05) is 32.9 Å². The number of aromatic nitrogens is 2. The number of nitrogens with zero attached hydrogens (tertiary/aromatic N) is 2. The zero-order valence-electron chi connectivity index (χ0n) is 29.4. The fraction of sp³-hybridized carbons (Fsp3) is 0.0196. The van der Waals surface area contributed by atoms with Crippen molar-refractivity contribution < 1.29 is 0 Å². The van der Waals surface area contributed by atoms with Gasteiger partial charge in [-0.15, -0.1) is 0 Å². The van der Waals surface area contributed by atoms with Crippen LogP contribution in [0.1, 0.15) is 16.7 Å². The van der Waals surface area contributed by atoms with Crippen LogP contribution in [0, 0.1) is 6.92 Å². The van der Waals surface area contributed by atoms with Gasteiger partial charge in [-0.3, -0.25) is 0 Å². The molecule has 0 bridgehead atoms. The molecule has 2 heterocycles. The molecule has 10 rings (SSSR count). The van der Waals surface area contributed by atoms with Crippen LogP contribution in [0.2, 0.25) is 0 Å². The Labute approximate surface area is 309 Å². The molecule has 0 aliphatic heterocycles. The molecule has 8 aromatic carbocycles. The van der Waals surface area contributed by atoms with Crippen LogP contribution >= 0.6 is 0 Å². The first-order chi connectivity index (χ1) is 26.2. The van der Waals surface area contributed by atoms with Crippen LogP contribution in [-0.4, -0.2) is 9.13 Å². The maximum atomic E-state index is 2.38. The second-order valence-electron chi connectivity index (χ2n) is 13.9. The van der Waals surface area contributed by atoms with E-state index >= 15 is 0 Å². The Bertz CT molecular complexity index is 2920. The van der Waals surface area contributed by atoms with Gasteiger partial charge in [0.25, 0.3) is 0 Å². The van der Waals surface area contributed by atoms with Gasteiger partial charge < -0.3 is 9.13 Å². The quantitative estimate of drug-likeness (QED) is 0.155. The third-order valence-corrected chi connectivity index (χ3v) is 10.6. The van der Waals surface area contributed by atoms with E-state index in [1.807, 2.05) is 0 Å². The van der Waals surface area contributed by atoms with E-state index in [-0.39, 0.29) is 0 Å². The summed E-state index contributed by atoms with van der Waals surface area (Å²) in [7, 11) is 0. The van der Waals surface area contributed by atoms with Crippen LogP contribution in [0.3, 0.4) is 0 Å². The first kappa shape index (κ1) is 30.9. The summed E-state index contributed by atoms with van der Waals surface area (Å²) in [4.78, 5) is 0. The highest BCUT2D eigenvalue weighted by atomic mass is 15.0. The molecule has 0 spiro atoms. The molecule has 0 unspecified atom stereocenters. The van der Waals surface area contributed by atoms with Gasteiger partial charge in [0.2, 0.25) is 0 Å². The van der Waals surface area contributed by atoms with Gasteiger partial charge in [-0.1, -0.05) is 145 Å². The van der Waals surface area contributed by atoms with Crippen molar-refractivity contribution in [2.24, 2.45) is 0 Å². The number of fused-ring (bicyclic) bond motifs is 6. The third kappa shape index (κ3) is 5.44. The molecule has 0 saturated carbocycles. The molecule has 0 atom stereocenters. The number of aryl methyl sites for hydroxylation is 1. The molecule has 0 saturated heterocycles. The lowest BCUT2D eigenvalue weighted by molar-refractivity contribution is 1.18. The first-order valence-electron chi connectivity index (χ1n) is 18.3. The van der Waals surface area contributed by atoms with Crippen LogP contribution in [0.25, 0.3) is 89.4 Å². The van der Waals surface area contributed by atoms with E-state index in [1.54, 1.807) is 0 Å². The SMILES string of the molecule is Cc1ccc2c(c1)c1cc(-c3ccc(/C=C/c4ccc(-c5cccc(-n6c7ccccc7c7ccccc76)c5)cc4)cc3)ccc1n2-c1ccccc1. The fourth-order valence-electron chi connectivity index (χ4n) is 7.96. The van der Waals surface area contributed by atoms with Crippen molar-refractivity contribution in [3.05, 3.63) is 205 Å². The molecule has 0 N–H and O–H groups in total. The summed E-state index contributed by atoms with van der Waals surface area (Å²) in [5.41, 5.74) is 15.7. The van der Waals surface area contributed by atoms with E-state index in [1.165, 1.54) is 93.9 Å². The lowest BCUT2D eigenvalue weighted by atomic mass is 10.0. The third-order valence-electron chi connectivity index (χ3n) is 10.6. The number of para-hydroxylation sites is 3. The van der Waals surface area contributed by atoms with Crippen LogP contribution < -0.4 is 0 Å². The minimum atomic E-state index is 1.17. The van der Waals surface area contributed by atoms with Gasteiger partial charge in [0.15, 0.2) is 0 Å². The topological polar surface area (TPSA) is 9.86 Å². The molecule has 0 fully saturated rings. The van der Waals surface area contributed by atoms with E-state index in [9.17, 15) is 0 Å². The van der Waals surface area contributed by atoms with Crippen molar-refractivity contribution in [3.63, 3.8) is 0 Å². The van der Waals surface area contributed by atoms with E-state index < -0.39 is 0 Å². The van der Waals surface area contributed by atoms with Crippen LogP contribution in [-0.2, 0) is 0 Å². The molecule has 0 radical (unpaired) electrons. The van der Waals surface area contributed by atoms with Crippen molar-refractivity contribution in [1.82, 2.24) is 9.13 Å². The highest BCUT2D eigenvalue weighted by molar-refractivity contribution is 6.11. The Morgan fingerprint density at radius 1 is 0.321 bits per heavy atom. The van der Waals surface area contributed by atoms with Crippen molar-refractivity contribution in [3.8, 4) is 33.6 Å². The molecule has 0 aliphatic rings. The first-order valence-corrected chi connectivity index (χ1v) is 18.3. The second kappa shape index (κ2) is 12.7. The maximum absolute atomic E-state index is 2.38. The number of rotatable bonds is 6. The lowest BCUT2D eigenvalue weighted by Crippen LogP contribution is -1.94. The molecule has 2 nitrogen and oxygen atoms in total. The Kier molecular flexibility index (Phi) is 7.40. The predicted molar refractivity (Wildman–Crippen MR) is 226 cm³/mol. The zero-order valence-corrected chi connectivity index (χ0v) is 29.4. The summed E-state index contributed by atoms with van der Waals surface area (Å²) in [5, 5.41) is 5.11. The van der Waals surface area contributed by atoms with E-state index in [0.29, 0.717) is 0 Å². The number of hydrogen-bond acceptors (Lipinski definition) is 0. The molecule has 2 aromatic heterocycles. The molecule has 10 aromatic rings. The van der Waals surface area contributed by atoms with E-state index in [0.717, 1.165) is 0 Å². The van der Waals surface area contributed by atoms with Crippen LogP contribution in [0.5, 0.6) is 0 Å². The van der Waals surface area contributed by atoms with Gasteiger partial charge in [0.1, 0.15) is 0 Å². The second-order valence-corrected chi connectivity index (χ2v) is 13.9. The normalized spacial score (nSPS) is 11.8. The molecule has 0 aliphatic carbocycles. The van der Waals surface area contributed by atoms with Crippen molar-refractivity contribution in [2.45, 2.75) is 6.92 Å². The summed E-state index contributed by atoms with van der Waals surface area (Å²) in [6, 6.07) is 68.2. The van der Waals surface area contributed by atoms with Gasteiger partial charge in [-0.2, -0.15) is 0 Å². The largest absolute Gasteiger partial charge is 0.309 e. The lowest BCUT2D eigenvalue weighted by Gasteiger charge is -2.10. The molecular weight excluding hydrogens is 641 g/mol. The molecular formula is C51H36N2. The summed E-state index contributed by atoms with van der Waals surface area (Å²) in [6.07, 6.45) is 4.39. The average Bonchev–Trinajstić information content (AvgIpc) is 3.73. The summed E-state index contributed by atoms with van der Waals surface area (Å²) in [6.45, 7) is 2.17. The van der Waals surface area contributed by atoms with Gasteiger partial charge in [-0.05, 0) is 101 Å². The van der Waals surface area contributed by atoms with E-state index in [2.05, 4.69) is 216 Å². The monoisotopic (exact) mass is 676 g/mol. The van der Waals surface area contributed by atoms with Gasteiger partial charge >= 0.3 is 0 Å². The minimum absolute atomic E-state index is 1.17.